The van der Waals surface area contributed by atoms with Crippen molar-refractivity contribution < 1.29 is 0 Å². The number of hydrogen-bond acceptors (Lipinski definition) is 4. The molecule has 5 nitrogen and oxygen atoms in total. The first-order valence-corrected chi connectivity index (χ1v) is 5.22. The lowest BCUT2D eigenvalue weighted by Crippen LogP contribution is -2.15. The fourth-order valence-corrected chi connectivity index (χ4v) is 1.37. The van der Waals surface area contributed by atoms with Crippen LogP contribution in [0.1, 0.15) is 5.82 Å². The topological polar surface area (TPSA) is 57.7 Å². The van der Waals surface area contributed by atoms with E-state index >= 15 is 0 Å². The molecule has 2 aromatic rings. The maximum absolute atomic E-state index is 4.43. The van der Waals surface area contributed by atoms with Gasteiger partial charge in [-0.05, 0) is 26.2 Å². The van der Waals surface area contributed by atoms with Crippen LogP contribution in [0.4, 0.5) is 0 Å². The maximum atomic E-state index is 4.43. The molecule has 0 saturated heterocycles. The van der Waals surface area contributed by atoms with E-state index in [-0.39, 0.29) is 0 Å². The van der Waals surface area contributed by atoms with Crippen molar-refractivity contribution in [3.63, 3.8) is 0 Å². The van der Waals surface area contributed by atoms with Gasteiger partial charge in [-0.1, -0.05) is 0 Å². The summed E-state index contributed by atoms with van der Waals surface area (Å²) in [5.74, 6) is 1.65. The van der Waals surface area contributed by atoms with Gasteiger partial charge in [0.1, 0.15) is 5.82 Å². The number of pyridine rings is 1. The van der Waals surface area contributed by atoms with Crippen LogP contribution in [-0.2, 0) is 6.42 Å². The third-order valence-corrected chi connectivity index (χ3v) is 2.27. The Labute approximate surface area is 94.5 Å². The average Bonchev–Trinajstić information content (AvgIpc) is 2.76. The molecule has 0 amide bonds. The zero-order valence-corrected chi connectivity index (χ0v) is 9.51. The van der Waals surface area contributed by atoms with E-state index in [4.69, 9.17) is 0 Å². The fraction of sp³-hybridized carbons (Fsp3) is 0.364. The molecule has 2 rings (SSSR count). The number of nitrogens with zero attached hydrogens (tertiary/aromatic N) is 4. The molecule has 16 heavy (non-hydrogen) atoms. The number of aromatic amines is 1. The van der Waals surface area contributed by atoms with Crippen molar-refractivity contribution in [2.75, 3.05) is 20.6 Å². The lowest BCUT2D eigenvalue weighted by Gasteiger charge is -2.06. The second-order valence-corrected chi connectivity index (χ2v) is 3.89. The van der Waals surface area contributed by atoms with Crippen molar-refractivity contribution in [1.29, 1.82) is 0 Å². The molecule has 5 heteroatoms. The summed E-state index contributed by atoms with van der Waals surface area (Å²) >= 11 is 0. The van der Waals surface area contributed by atoms with Gasteiger partial charge in [0.15, 0.2) is 5.82 Å². The van der Waals surface area contributed by atoms with Crippen LogP contribution >= 0.6 is 0 Å². The Balaban J connectivity index is 2.08. The summed E-state index contributed by atoms with van der Waals surface area (Å²) in [5.41, 5.74) is 0.988. The molecule has 0 aliphatic heterocycles. The molecule has 0 unspecified atom stereocenters. The Hall–Kier alpha value is -1.75. The van der Waals surface area contributed by atoms with Crippen LogP contribution in [0.15, 0.2) is 24.5 Å². The molecule has 0 fully saturated rings. The highest BCUT2D eigenvalue weighted by atomic mass is 15.2. The predicted molar refractivity (Wildman–Crippen MR) is 61.9 cm³/mol. The number of nitrogens with one attached hydrogen (secondary N) is 1. The smallest absolute Gasteiger partial charge is 0.181 e. The second-order valence-electron chi connectivity index (χ2n) is 3.89. The Bertz CT molecular complexity index is 435. The number of aromatic nitrogens is 4. The Morgan fingerprint density at radius 2 is 2.00 bits per heavy atom. The molecule has 0 aromatic carbocycles. The lowest BCUT2D eigenvalue weighted by molar-refractivity contribution is 0.410. The summed E-state index contributed by atoms with van der Waals surface area (Å²) in [6.07, 6.45) is 4.36. The zero-order valence-electron chi connectivity index (χ0n) is 9.51. The Morgan fingerprint density at radius 1 is 1.25 bits per heavy atom. The molecule has 0 spiro atoms. The molecule has 84 valence electrons. The van der Waals surface area contributed by atoms with Crippen molar-refractivity contribution in [1.82, 2.24) is 25.1 Å². The van der Waals surface area contributed by atoms with E-state index in [2.05, 4.69) is 25.1 Å². The van der Waals surface area contributed by atoms with Gasteiger partial charge in [-0.3, -0.25) is 10.1 Å². The largest absolute Gasteiger partial charge is 0.309 e. The van der Waals surface area contributed by atoms with E-state index < -0.39 is 0 Å². The molecule has 0 aliphatic rings. The number of H-pyrrole nitrogens is 1. The molecular weight excluding hydrogens is 202 g/mol. The van der Waals surface area contributed by atoms with Crippen LogP contribution in [0.3, 0.4) is 0 Å². The van der Waals surface area contributed by atoms with Crippen LogP contribution in [0.25, 0.3) is 11.4 Å². The molecule has 0 atom stereocenters. The average molecular weight is 217 g/mol. The summed E-state index contributed by atoms with van der Waals surface area (Å²) in [5, 5.41) is 7.13. The summed E-state index contributed by atoms with van der Waals surface area (Å²) in [6, 6.07) is 3.80. The summed E-state index contributed by atoms with van der Waals surface area (Å²) in [6.45, 7) is 0.963. The highest BCUT2D eigenvalue weighted by Gasteiger charge is 2.05. The standard InChI is InChI=1S/C11H15N5/c1-16(2)8-5-10-13-11(15-14-10)9-3-6-12-7-4-9/h3-4,6-7H,5,8H2,1-2H3,(H,13,14,15). The Kier molecular flexibility index (Phi) is 3.26. The van der Waals surface area contributed by atoms with E-state index in [1.807, 2.05) is 26.2 Å². The van der Waals surface area contributed by atoms with Crippen molar-refractivity contribution >= 4 is 0 Å². The lowest BCUT2D eigenvalue weighted by atomic mass is 10.2. The van der Waals surface area contributed by atoms with Crippen LogP contribution < -0.4 is 0 Å². The second kappa shape index (κ2) is 4.85. The zero-order chi connectivity index (χ0) is 11.4. The number of likely N-dealkylation sites (N-methyl/N-ethyl adjacent to an activating group) is 1. The van der Waals surface area contributed by atoms with Gasteiger partial charge in [0.2, 0.25) is 0 Å². The van der Waals surface area contributed by atoms with Crippen LogP contribution in [0.5, 0.6) is 0 Å². The normalized spacial score (nSPS) is 10.9. The number of rotatable bonds is 4. The first kappa shape index (κ1) is 10.8. The summed E-state index contributed by atoms with van der Waals surface area (Å²) in [7, 11) is 4.08. The molecule has 2 heterocycles. The summed E-state index contributed by atoms with van der Waals surface area (Å²) < 4.78 is 0. The molecule has 1 N–H and O–H groups in total. The third-order valence-electron chi connectivity index (χ3n) is 2.27. The first-order valence-electron chi connectivity index (χ1n) is 5.22. The minimum Gasteiger partial charge on any atom is -0.309 e. The van der Waals surface area contributed by atoms with Crippen molar-refractivity contribution in [2.24, 2.45) is 0 Å². The van der Waals surface area contributed by atoms with Crippen LogP contribution in [-0.4, -0.2) is 45.7 Å². The molecule has 0 radical (unpaired) electrons. The number of hydrogen-bond donors (Lipinski definition) is 1. The van der Waals surface area contributed by atoms with Gasteiger partial charge in [-0.25, -0.2) is 4.98 Å². The molecule has 0 saturated carbocycles. The van der Waals surface area contributed by atoms with Gasteiger partial charge < -0.3 is 4.90 Å². The van der Waals surface area contributed by atoms with Gasteiger partial charge >= 0.3 is 0 Å². The van der Waals surface area contributed by atoms with Crippen molar-refractivity contribution in [3.05, 3.63) is 30.4 Å². The van der Waals surface area contributed by atoms with E-state index in [9.17, 15) is 0 Å². The summed E-state index contributed by atoms with van der Waals surface area (Å²) in [4.78, 5) is 10.5. The minimum absolute atomic E-state index is 0.733. The van der Waals surface area contributed by atoms with Gasteiger partial charge in [0, 0.05) is 30.9 Å². The fourth-order valence-electron chi connectivity index (χ4n) is 1.37. The SMILES string of the molecule is CN(C)CCc1nc(-c2ccncc2)n[nH]1. The van der Waals surface area contributed by atoms with Gasteiger partial charge in [0.25, 0.3) is 0 Å². The van der Waals surface area contributed by atoms with E-state index in [0.29, 0.717) is 0 Å². The van der Waals surface area contributed by atoms with Crippen LogP contribution in [0, 0.1) is 0 Å². The van der Waals surface area contributed by atoms with Crippen molar-refractivity contribution in [3.8, 4) is 11.4 Å². The molecular formula is C11H15N5. The van der Waals surface area contributed by atoms with Gasteiger partial charge in [-0.2, -0.15) is 5.10 Å². The van der Waals surface area contributed by atoms with Crippen LogP contribution in [0.2, 0.25) is 0 Å². The monoisotopic (exact) mass is 217 g/mol. The highest BCUT2D eigenvalue weighted by molar-refractivity contribution is 5.52. The van der Waals surface area contributed by atoms with Gasteiger partial charge in [-0.15, -0.1) is 0 Å². The first-order chi connectivity index (χ1) is 7.75. The quantitative estimate of drug-likeness (QED) is 0.829. The van der Waals surface area contributed by atoms with Crippen molar-refractivity contribution in [2.45, 2.75) is 6.42 Å². The third kappa shape index (κ3) is 2.64. The molecule has 0 bridgehead atoms. The maximum Gasteiger partial charge on any atom is 0.181 e. The van der Waals surface area contributed by atoms with Gasteiger partial charge in [0.05, 0.1) is 0 Å². The van der Waals surface area contributed by atoms with E-state index in [1.165, 1.54) is 0 Å². The predicted octanol–water partition coefficient (Wildman–Crippen LogP) is 0.971. The molecule has 2 aromatic heterocycles. The minimum atomic E-state index is 0.733. The Morgan fingerprint density at radius 3 is 2.69 bits per heavy atom. The molecule has 0 aliphatic carbocycles. The van der Waals surface area contributed by atoms with E-state index in [0.717, 1.165) is 30.2 Å². The highest BCUT2D eigenvalue weighted by Crippen LogP contribution is 2.12. The van der Waals surface area contributed by atoms with E-state index in [1.54, 1.807) is 12.4 Å².